The summed E-state index contributed by atoms with van der Waals surface area (Å²) in [6.07, 6.45) is 4.88. The van der Waals surface area contributed by atoms with Crippen molar-refractivity contribution in [1.29, 1.82) is 0 Å². The summed E-state index contributed by atoms with van der Waals surface area (Å²) in [5.74, 6) is -0.971. The molecule has 0 fully saturated rings. The second kappa shape index (κ2) is 7.82. The van der Waals surface area contributed by atoms with E-state index in [2.05, 4.69) is 20.6 Å². The molecule has 7 heteroatoms. The van der Waals surface area contributed by atoms with Crippen LogP contribution in [-0.4, -0.2) is 34.9 Å². The molecule has 2 N–H and O–H groups in total. The van der Waals surface area contributed by atoms with Crippen LogP contribution in [0.15, 0.2) is 42.9 Å². The molecule has 0 saturated carbocycles. The van der Waals surface area contributed by atoms with E-state index in [1.807, 2.05) is 0 Å². The molecule has 0 unspecified atom stereocenters. The number of halogens is 1. The van der Waals surface area contributed by atoms with Crippen molar-refractivity contribution in [2.75, 3.05) is 13.1 Å². The van der Waals surface area contributed by atoms with Gasteiger partial charge in [-0.3, -0.25) is 14.6 Å². The predicted molar refractivity (Wildman–Crippen MR) is 77.7 cm³/mol. The SMILES string of the molecule is O=C(NCCCNC(=O)c1cnccn1)c1ccc(F)cc1. The molecule has 1 aromatic carbocycles. The molecule has 0 bridgehead atoms. The van der Waals surface area contributed by atoms with Crippen LogP contribution in [0, 0.1) is 5.82 Å². The summed E-state index contributed by atoms with van der Waals surface area (Å²) < 4.78 is 12.7. The maximum atomic E-state index is 12.7. The van der Waals surface area contributed by atoms with Crippen LogP contribution in [0.4, 0.5) is 4.39 Å². The average molecular weight is 302 g/mol. The van der Waals surface area contributed by atoms with Crippen LogP contribution in [0.2, 0.25) is 0 Å². The summed E-state index contributed by atoms with van der Waals surface area (Å²) in [5.41, 5.74) is 0.642. The molecule has 0 aliphatic carbocycles. The molecule has 2 amide bonds. The van der Waals surface area contributed by atoms with E-state index >= 15 is 0 Å². The zero-order chi connectivity index (χ0) is 15.8. The second-order valence-electron chi connectivity index (χ2n) is 4.46. The summed E-state index contributed by atoms with van der Waals surface area (Å²) in [7, 11) is 0. The van der Waals surface area contributed by atoms with Crippen molar-refractivity contribution >= 4 is 11.8 Å². The van der Waals surface area contributed by atoms with Gasteiger partial charge in [-0.05, 0) is 30.7 Å². The maximum absolute atomic E-state index is 12.7. The van der Waals surface area contributed by atoms with Crippen molar-refractivity contribution in [1.82, 2.24) is 20.6 Å². The monoisotopic (exact) mass is 302 g/mol. The van der Waals surface area contributed by atoms with Crippen LogP contribution in [0.5, 0.6) is 0 Å². The number of carbonyl (C=O) groups is 2. The first-order chi connectivity index (χ1) is 10.7. The van der Waals surface area contributed by atoms with Crippen molar-refractivity contribution < 1.29 is 14.0 Å². The lowest BCUT2D eigenvalue weighted by Gasteiger charge is -2.06. The van der Waals surface area contributed by atoms with E-state index in [4.69, 9.17) is 0 Å². The molecule has 1 heterocycles. The topological polar surface area (TPSA) is 84.0 Å². The largest absolute Gasteiger partial charge is 0.352 e. The molecular formula is C15H15FN4O2. The van der Waals surface area contributed by atoms with Crippen molar-refractivity contribution in [3.63, 3.8) is 0 Å². The fourth-order valence-electron chi connectivity index (χ4n) is 1.70. The Morgan fingerprint density at radius 2 is 1.68 bits per heavy atom. The Balaban J connectivity index is 1.66. The third-order valence-electron chi connectivity index (χ3n) is 2.83. The highest BCUT2D eigenvalue weighted by Crippen LogP contribution is 2.02. The summed E-state index contributed by atoms with van der Waals surface area (Å²) in [4.78, 5) is 31.1. The number of nitrogens with zero attached hydrogens (tertiary/aromatic N) is 2. The first-order valence-corrected chi connectivity index (χ1v) is 6.75. The quantitative estimate of drug-likeness (QED) is 0.784. The maximum Gasteiger partial charge on any atom is 0.271 e. The van der Waals surface area contributed by atoms with E-state index in [0.717, 1.165) is 0 Å². The Bertz CT molecular complexity index is 632. The number of aromatic nitrogens is 2. The molecule has 0 aliphatic heterocycles. The van der Waals surface area contributed by atoms with Gasteiger partial charge in [0.25, 0.3) is 11.8 Å². The van der Waals surface area contributed by atoms with Crippen LogP contribution in [0.3, 0.4) is 0 Å². The second-order valence-corrected chi connectivity index (χ2v) is 4.46. The van der Waals surface area contributed by atoms with E-state index in [1.165, 1.54) is 42.9 Å². The number of rotatable bonds is 6. The van der Waals surface area contributed by atoms with Crippen LogP contribution < -0.4 is 10.6 Å². The number of hydrogen-bond donors (Lipinski definition) is 2. The highest BCUT2D eigenvalue weighted by Gasteiger charge is 2.06. The minimum atomic E-state index is -0.386. The van der Waals surface area contributed by atoms with Crippen molar-refractivity contribution in [3.8, 4) is 0 Å². The molecule has 1 aromatic heterocycles. The molecule has 0 spiro atoms. The zero-order valence-electron chi connectivity index (χ0n) is 11.8. The van der Waals surface area contributed by atoms with Crippen LogP contribution in [0.25, 0.3) is 0 Å². The van der Waals surface area contributed by atoms with Gasteiger partial charge in [0, 0.05) is 31.0 Å². The molecule has 6 nitrogen and oxygen atoms in total. The molecule has 0 aliphatic rings. The van der Waals surface area contributed by atoms with E-state index in [9.17, 15) is 14.0 Å². The number of amides is 2. The minimum absolute atomic E-state index is 0.248. The van der Waals surface area contributed by atoms with E-state index < -0.39 is 0 Å². The zero-order valence-corrected chi connectivity index (χ0v) is 11.8. The van der Waals surface area contributed by atoms with Gasteiger partial charge < -0.3 is 10.6 Å². The Labute approximate surface area is 126 Å². The molecule has 0 saturated heterocycles. The summed E-state index contributed by atoms with van der Waals surface area (Å²) >= 11 is 0. The van der Waals surface area contributed by atoms with Gasteiger partial charge in [-0.2, -0.15) is 0 Å². The normalized spacial score (nSPS) is 10.0. The third-order valence-corrected chi connectivity index (χ3v) is 2.83. The molecule has 2 aromatic rings. The smallest absolute Gasteiger partial charge is 0.271 e. The first-order valence-electron chi connectivity index (χ1n) is 6.75. The van der Waals surface area contributed by atoms with Gasteiger partial charge in [-0.25, -0.2) is 9.37 Å². The predicted octanol–water partition coefficient (Wildman–Crippen LogP) is 1.17. The Kier molecular flexibility index (Phi) is 5.53. The first kappa shape index (κ1) is 15.6. The summed E-state index contributed by atoms with van der Waals surface area (Å²) in [5, 5.41) is 5.37. The highest BCUT2D eigenvalue weighted by atomic mass is 19.1. The highest BCUT2D eigenvalue weighted by molar-refractivity contribution is 5.94. The van der Waals surface area contributed by atoms with Gasteiger partial charge in [0.05, 0.1) is 6.20 Å². The van der Waals surface area contributed by atoms with Crippen LogP contribution >= 0.6 is 0 Å². The molecule has 0 atom stereocenters. The molecular weight excluding hydrogens is 287 g/mol. The fraction of sp³-hybridized carbons (Fsp3) is 0.200. The lowest BCUT2D eigenvalue weighted by molar-refractivity contribution is 0.0947. The van der Waals surface area contributed by atoms with Crippen LogP contribution in [0.1, 0.15) is 27.3 Å². The Hall–Kier alpha value is -2.83. The fourth-order valence-corrected chi connectivity index (χ4v) is 1.70. The van der Waals surface area contributed by atoms with Gasteiger partial charge in [-0.1, -0.05) is 0 Å². The Morgan fingerprint density at radius 1 is 1.00 bits per heavy atom. The lowest BCUT2D eigenvalue weighted by Crippen LogP contribution is -2.30. The number of benzene rings is 1. The minimum Gasteiger partial charge on any atom is -0.352 e. The number of hydrogen-bond acceptors (Lipinski definition) is 4. The lowest BCUT2D eigenvalue weighted by atomic mass is 10.2. The number of carbonyl (C=O) groups excluding carboxylic acids is 2. The standard InChI is InChI=1S/C15H15FN4O2/c16-12-4-2-11(3-5-12)14(21)19-6-1-7-20-15(22)13-10-17-8-9-18-13/h2-5,8-10H,1,6-7H2,(H,19,21)(H,20,22). The van der Waals surface area contributed by atoms with Crippen molar-refractivity contribution in [3.05, 3.63) is 59.9 Å². The van der Waals surface area contributed by atoms with Crippen molar-refractivity contribution in [2.24, 2.45) is 0 Å². The van der Waals surface area contributed by atoms with Gasteiger partial charge in [0.2, 0.25) is 0 Å². The van der Waals surface area contributed by atoms with Gasteiger partial charge in [0.15, 0.2) is 0 Å². The molecule has 2 rings (SSSR count). The number of nitrogens with one attached hydrogen (secondary N) is 2. The van der Waals surface area contributed by atoms with Gasteiger partial charge in [-0.15, -0.1) is 0 Å². The summed E-state index contributed by atoms with van der Waals surface area (Å²) in [6.45, 7) is 0.802. The van der Waals surface area contributed by atoms with E-state index in [1.54, 1.807) is 0 Å². The van der Waals surface area contributed by atoms with E-state index in [-0.39, 0.29) is 23.3 Å². The van der Waals surface area contributed by atoms with Crippen LogP contribution in [-0.2, 0) is 0 Å². The molecule has 0 radical (unpaired) electrons. The molecule has 114 valence electrons. The van der Waals surface area contributed by atoms with Gasteiger partial charge >= 0.3 is 0 Å². The van der Waals surface area contributed by atoms with Gasteiger partial charge in [0.1, 0.15) is 11.5 Å². The van der Waals surface area contributed by atoms with Crippen molar-refractivity contribution in [2.45, 2.75) is 6.42 Å². The average Bonchev–Trinajstić information content (AvgIpc) is 2.55. The molecule has 22 heavy (non-hydrogen) atoms. The van der Waals surface area contributed by atoms with E-state index in [0.29, 0.717) is 25.1 Å². The third kappa shape index (κ3) is 4.62. The Morgan fingerprint density at radius 3 is 2.32 bits per heavy atom. The summed E-state index contributed by atoms with van der Waals surface area (Å²) in [6, 6.07) is 5.30.